The lowest BCUT2D eigenvalue weighted by atomic mass is 10.0. The molecule has 16 heavy (non-hydrogen) atoms. The third kappa shape index (κ3) is 3.43. The normalized spacial score (nSPS) is 23.0. The van der Waals surface area contributed by atoms with Crippen LogP contribution in [-0.2, 0) is 19.6 Å². The number of esters is 1. The minimum Gasteiger partial charge on any atom is -0.469 e. The molecule has 0 saturated carbocycles. The molecular weight excluding hydrogens is 298 g/mol. The zero-order valence-corrected chi connectivity index (χ0v) is 11.6. The highest BCUT2D eigenvalue weighted by Crippen LogP contribution is 2.24. The predicted octanol–water partition coefficient (Wildman–Crippen LogP) is 1.09. The van der Waals surface area contributed by atoms with Gasteiger partial charge >= 0.3 is 5.97 Å². The lowest BCUT2D eigenvalue weighted by Gasteiger charge is -2.33. The fourth-order valence-electron chi connectivity index (χ4n) is 1.88. The van der Waals surface area contributed by atoms with Crippen molar-refractivity contribution in [2.24, 2.45) is 0 Å². The van der Waals surface area contributed by atoms with Crippen LogP contribution in [0.3, 0.4) is 0 Å². The molecule has 0 radical (unpaired) electrons. The minimum atomic E-state index is -3.28. The van der Waals surface area contributed by atoms with Crippen LogP contribution >= 0.6 is 15.9 Å². The van der Waals surface area contributed by atoms with E-state index in [0.29, 0.717) is 6.54 Å². The maximum Gasteiger partial charge on any atom is 0.307 e. The van der Waals surface area contributed by atoms with E-state index in [1.807, 2.05) is 0 Å². The Morgan fingerprint density at radius 1 is 1.50 bits per heavy atom. The van der Waals surface area contributed by atoms with Gasteiger partial charge in [0.1, 0.15) is 4.66 Å². The average molecular weight is 314 g/mol. The van der Waals surface area contributed by atoms with Crippen molar-refractivity contribution in [1.82, 2.24) is 4.31 Å². The Balaban J connectivity index is 2.75. The Hall–Kier alpha value is -0.140. The summed E-state index contributed by atoms with van der Waals surface area (Å²) >= 11 is 2.97. The van der Waals surface area contributed by atoms with Crippen LogP contribution in [0.5, 0.6) is 0 Å². The molecule has 7 heteroatoms. The van der Waals surface area contributed by atoms with E-state index in [1.165, 1.54) is 11.4 Å². The molecule has 94 valence electrons. The van der Waals surface area contributed by atoms with Gasteiger partial charge in [0.15, 0.2) is 0 Å². The van der Waals surface area contributed by atoms with Gasteiger partial charge in [0.2, 0.25) is 10.0 Å². The van der Waals surface area contributed by atoms with Crippen molar-refractivity contribution in [3.05, 3.63) is 0 Å². The summed E-state index contributed by atoms with van der Waals surface area (Å²) in [6.45, 7) is 0.496. The van der Waals surface area contributed by atoms with Gasteiger partial charge in [0, 0.05) is 12.6 Å². The van der Waals surface area contributed by atoms with Gasteiger partial charge in [-0.25, -0.2) is 8.42 Å². The summed E-state index contributed by atoms with van der Waals surface area (Å²) in [7, 11) is -1.97. The van der Waals surface area contributed by atoms with Gasteiger partial charge in [-0.05, 0) is 12.8 Å². The number of rotatable bonds is 4. The minimum absolute atomic E-state index is 0.0995. The number of sulfonamides is 1. The molecule has 0 aromatic rings. The SMILES string of the molecule is COC(=O)CC1CCCCN1S(=O)(=O)CBr. The van der Waals surface area contributed by atoms with Crippen molar-refractivity contribution in [2.45, 2.75) is 31.7 Å². The summed E-state index contributed by atoms with van der Waals surface area (Å²) in [4.78, 5) is 11.2. The molecule has 1 heterocycles. The highest BCUT2D eigenvalue weighted by Gasteiger charge is 2.32. The van der Waals surface area contributed by atoms with Gasteiger partial charge < -0.3 is 4.74 Å². The Morgan fingerprint density at radius 3 is 2.75 bits per heavy atom. The Morgan fingerprint density at radius 2 is 2.19 bits per heavy atom. The van der Waals surface area contributed by atoms with Crippen LogP contribution in [0.2, 0.25) is 0 Å². The zero-order chi connectivity index (χ0) is 12.2. The van der Waals surface area contributed by atoms with E-state index in [1.54, 1.807) is 0 Å². The second-order valence-corrected chi connectivity index (χ2v) is 6.99. The smallest absolute Gasteiger partial charge is 0.307 e. The summed E-state index contributed by atoms with van der Waals surface area (Å²) in [5.74, 6) is -0.360. The molecule has 0 bridgehead atoms. The molecule has 0 amide bonds. The van der Waals surface area contributed by atoms with Crippen LogP contribution in [0.4, 0.5) is 0 Å². The van der Waals surface area contributed by atoms with Crippen molar-refractivity contribution < 1.29 is 17.9 Å². The van der Waals surface area contributed by atoms with Crippen molar-refractivity contribution in [2.75, 3.05) is 18.3 Å². The number of hydrogen-bond donors (Lipinski definition) is 0. The molecule has 1 aliphatic heterocycles. The molecule has 0 aromatic heterocycles. The quantitative estimate of drug-likeness (QED) is 0.575. The Kier molecular flexibility index (Phi) is 5.20. The topological polar surface area (TPSA) is 63.7 Å². The van der Waals surface area contributed by atoms with Gasteiger partial charge in [-0.1, -0.05) is 22.4 Å². The van der Waals surface area contributed by atoms with Gasteiger partial charge in [0.25, 0.3) is 0 Å². The molecule has 1 aliphatic rings. The predicted molar refractivity (Wildman–Crippen MR) is 63.7 cm³/mol. The molecule has 0 aromatic carbocycles. The lowest BCUT2D eigenvalue weighted by molar-refractivity contribution is -0.141. The average Bonchev–Trinajstić information content (AvgIpc) is 2.29. The van der Waals surface area contributed by atoms with E-state index in [9.17, 15) is 13.2 Å². The first-order valence-corrected chi connectivity index (χ1v) is 7.86. The van der Waals surface area contributed by atoms with Gasteiger partial charge in [-0.15, -0.1) is 0 Å². The summed E-state index contributed by atoms with van der Waals surface area (Å²) in [6.07, 6.45) is 2.67. The zero-order valence-electron chi connectivity index (χ0n) is 9.19. The Bertz CT molecular complexity index is 343. The molecule has 1 atom stereocenters. The van der Waals surface area contributed by atoms with Crippen molar-refractivity contribution in [1.29, 1.82) is 0 Å². The first-order chi connectivity index (χ1) is 7.51. The molecular formula is C9H16BrNO4S. The molecule has 1 rings (SSSR count). The third-order valence-electron chi connectivity index (χ3n) is 2.70. The summed E-state index contributed by atoms with van der Waals surface area (Å²) in [5.41, 5.74) is 0. The van der Waals surface area contributed by atoms with Crippen LogP contribution in [-0.4, -0.2) is 43.1 Å². The molecule has 1 saturated heterocycles. The molecule has 1 fully saturated rings. The van der Waals surface area contributed by atoms with Crippen molar-refractivity contribution >= 4 is 31.9 Å². The first kappa shape index (κ1) is 13.9. The third-order valence-corrected chi connectivity index (χ3v) is 5.91. The second-order valence-electron chi connectivity index (χ2n) is 3.76. The van der Waals surface area contributed by atoms with Crippen LogP contribution in [0, 0.1) is 0 Å². The van der Waals surface area contributed by atoms with Crippen LogP contribution in [0.1, 0.15) is 25.7 Å². The molecule has 0 aliphatic carbocycles. The fraction of sp³-hybridized carbons (Fsp3) is 0.889. The van der Waals surface area contributed by atoms with Crippen LogP contribution < -0.4 is 0 Å². The van der Waals surface area contributed by atoms with E-state index in [-0.39, 0.29) is 23.1 Å². The maximum atomic E-state index is 11.8. The summed E-state index contributed by atoms with van der Waals surface area (Å²) in [6, 6.07) is -0.247. The van der Waals surface area contributed by atoms with E-state index < -0.39 is 10.0 Å². The maximum absolute atomic E-state index is 11.8. The van der Waals surface area contributed by atoms with Gasteiger partial charge in [0.05, 0.1) is 13.5 Å². The molecule has 1 unspecified atom stereocenters. The van der Waals surface area contributed by atoms with E-state index in [4.69, 9.17) is 0 Å². The lowest BCUT2D eigenvalue weighted by Crippen LogP contribution is -2.45. The Labute approximate surface area is 104 Å². The van der Waals surface area contributed by atoms with Gasteiger partial charge in [-0.3, -0.25) is 4.79 Å². The van der Waals surface area contributed by atoms with E-state index in [2.05, 4.69) is 20.7 Å². The van der Waals surface area contributed by atoms with Gasteiger partial charge in [-0.2, -0.15) is 4.31 Å². The number of piperidine rings is 1. The largest absolute Gasteiger partial charge is 0.469 e. The van der Waals surface area contributed by atoms with Crippen molar-refractivity contribution in [3.8, 4) is 0 Å². The number of alkyl halides is 1. The number of nitrogens with zero attached hydrogens (tertiary/aromatic N) is 1. The fourth-order valence-corrected chi connectivity index (χ4v) is 3.84. The molecule has 5 nitrogen and oxygen atoms in total. The molecule has 0 spiro atoms. The van der Waals surface area contributed by atoms with E-state index in [0.717, 1.165) is 19.3 Å². The highest BCUT2D eigenvalue weighted by atomic mass is 79.9. The van der Waals surface area contributed by atoms with E-state index >= 15 is 0 Å². The number of hydrogen-bond acceptors (Lipinski definition) is 4. The number of carbonyl (C=O) groups excluding carboxylic acids is 1. The summed E-state index contributed by atoms with van der Waals surface area (Å²) < 4.78 is 29.4. The second kappa shape index (κ2) is 5.97. The highest BCUT2D eigenvalue weighted by molar-refractivity contribution is 9.10. The standard InChI is InChI=1S/C9H16BrNO4S/c1-15-9(12)6-8-4-2-3-5-11(8)16(13,14)7-10/h8H,2-7H2,1H3. The number of carbonyl (C=O) groups is 1. The first-order valence-electron chi connectivity index (χ1n) is 5.13. The van der Waals surface area contributed by atoms with Crippen LogP contribution in [0.15, 0.2) is 0 Å². The number of halogens is 1. The molecule has 0 N–H and O–H groups in total. The number of methoxy groups -OCH3 is 1. The summed E-state index contributed by atoms with van der Waals surface area (Å²) in [5, 5.41) is 0. The monoisotopic (exact) mass is 313 g/mol. The number of ether oxygens (including phenoxy) is 1. The van der Waals surface area contributed by atoms with Crippen molar-refractivity contribution in [3.63, 3.8) is 0 Å². The van der Waals surface area contributed by atoms with Crippen LogP contribution in [0.25, 0.3) is 0 Å².